The van der Waals surface area contributed by atoms with E-state index in [4.69, 9.17) is 0 Å². The zero-order chi connectivity index (χ0) is 23.0. The van der Waals surface area contributed by atoms with Gasteiger partial charge in [-0.2, -0.15) is 5.26 Å². The molecule has 1 saturated heterocycles. The Balaban J connectivity index is 1.49. The van der Waals surface area contributed by atoms with E-state index in [1.807, 2.05) is 0 Å². The van der Waals surface area contributed by atoms with Crippen LogP contribution < -0.4 is 10.9 Å². The summed E-state index contributed by atoms with van der Waals surface area (Å²) in [7, 11) is -1.66. The SMILES string of the molecule is CS(=O)c1cc(=O)n(-c2ccc(C[C@@H](C#N)CC(=O)[C@H]3N[C@@H]4CC[C@H]3C4)c(F)c2)cc1F. The number of hydrogen-bond donors (Lipinski definition) is 1. The largest absolute Gasteiger partial charge is 0.304 e. The van der Waals surface area contributed by atoms with E-state index in [-0.39, 0.29) is 40.8 Å². The molecule has 0 spiro atoms. The maximum absolute atomic E-state index is 14.8. The van der Waals surface area contributed by atoms with E-state index in [9.17, 15) is 27.8 Å². The third-order valence-corrected chi connectivity index (χ3v) is 7.33. The van der Waals surface area contributed by atoms with E-state index in [0.29, 0.717) is 12.0 Å². The van der Waals surface area contributed by atoms with Crippen LogP contribution in [0.15, 0.2) is 40.2 Å². The Morgan fingerprint density at radius 2 is 2.09 bits per heavy atom. The molecule has 2 fully saturated rings. The lowest BCUT2D eigenvalue weighted by Crippen LogP contribution is -2.42. The van der Waals surface area contributed by atoms with Crippen LogP contribution in [0.2, 0.25) is 0 Å². The number of nitriles is 1. The fourth-order valence-corrected chi connectivity index (χ4v) is 5.37. The van der Waals surface area contributed by atoms with Crippen molar-refractivity contribution in [2.45, 2.75) is 49.1 Å². The average molecular weight is 460 g/mol. The van der Waals surface area contributed by atoms with Crippen molar-refractivity contribution in [2.24, 2.45) is 11.8 Å². The van der Waals surface area contributed by atoms with E-state index < -0.39 is 33.9 Å². The van der Waals surface area contributed by atoms with Gasteiger partial charge < -0.3 is 5.32 Å². The van der Waals surface area contributed by atoms with E-state index in [1.165, 1.54) is 18.4 Å². The van der Waals surface area contributed by atoms with Crippen molar-refractivity contribution in [3.63, 3.8) is 0 Å². The summed E-state index contributed by atoms with van der Waals surface area (Å²) in [6.45, 7) is 0. The number of halogens is 2. The minimum absolute atomic E-state index is 0.00351. The molecule has 2 heterocycles. The number of fused-ring (bicyclic) bond motifs is 2. The molecule has 4 rings (SSSR count). The van der Waals surface area contributed by atoms with Crippen LogP contribution in [-0.4, -0.2) is 32.9 Å². The molecule has 1 saturated carbocycles. The van der Waals surface area contributed by atoms with Gasteiger partial charge in [0.05, 0.1) is 39.4 Å². The summed E-state index contributed by atoms with van der Waals surface area (Å²) in [6.07, 6.45) is 5.37. The summed E-state index contributed by atoms with van der Waals surface area (Å²) < 4.78 is 41.4. The number of nitrogens with one attached hydrogen (secondary N) is 1. The third kappa shape index (κ3) is 4.43. The number of nitrogens with zero attached hydrogens (tertiary/aromatic N) is 2. The van der Waals surface area contributed by atoms with Crippen molar-refractivity contribution in [1.29, 1.82) is 5.26 Å². The highest BCUT2D eigenvalue weighted by Gasteiger charge is 2.42. The number of aromatic nitrogens is 1. The number of ketones is 1. The van der Waals surface area contributed by atoms with Gasteiger partial charge in [0.2, 0.25) is 0 Å². The lowest BCUT2D eigenvalue weighted by Gasteiger charge is -2.22. The number of rotatable bonds is 7. The number of Topliss-reactive ketones (excluding diaryl/α,β-unsaturated/α-hetero) is 1. The first kappa shape index (κ1) is 22.5. The van der Waals surface area contributed by atoms with Gasteiger partial charge >= 0.3 is 0 Å². The van der Waals surface area contributed by atoms with E-state index >= 15 is 0 Å². The van der Waals surface area contributed by atoms with Gasteiger partial charge in [-0.1, -0.05) is 6.07 Å². The van der Waals surface area contributed by atoms with Crippen molar-refractivity contribution >= 4 is 16.6 Å². The first-order valence-corrected chi connectivity index (χ1v) is 12.1. The van der Waals surface area contributed by atoms with Crippen LogP contribution in [0.5, 0.6) is 0 Å². The van der Waals surface area contributed by atoms with Gasteiger partial charge in [0.1, 0.15) is 5.82 Å². The molecular weight excluding hydrogens is 436 g/mol. The lowest BCUT2D eigenvalue weighted by atomic mass is 9.88. The molecule has 1 aliphatic carbocycles. The fourth-order valence-electron chi connectivity index (χ4n) is 4.78. The minimum atomic E-state index is -1.66. The predicted molar refractivity (Wildman–Crippen MR) is 115 cm³/mol. The second kappa shape index (κ2) is 9.04. The van der Waals surface area contributed by atoms with Crippen molar-refractivity contribution in [3.8, 4) is 11.8 Å². The third-order valence-electron chi connectivity index (χ3n) is 6.40. The Bertz CT molecular complexity index is 1190. The van der Waals surface area contributed by atoms with Crippen LogP contribution in [0.1, 0.15) is 31.2 Å². The number of benzene rings is 1. The highest BCUT2D eigenvalue weighted by Crippen LogP contribution is 2.36. The molecule has 0 amide bonds. The quantitative estimate of drug-likeness (QED) is 0.687. The number of hydrogen-bond acceptors (Lipinski definition) is 5. The monoisotopic (exact) mass is 459 g/mol. The van der Waals surface area contributed by atoms with Crippen LogP contribution in [0.25, 0.3) is 5.69 Å². The van der Waals surface area contributed by atoms with Crippen molar-refractivity contribution in [1.82, 2.24) is 9.88 Å². The molecule has 168 valence electrons. The number of pyridine rings is 1. The van der Waals surface area contributed by atoms with Gasteiger partial charge in [0.15, 0.2) is 11.6 Å². The number of piperidine rings is 1. The van der Waals surface area contributed by atoms with Gasteiger partial charge in [-0.25, -0.2) is 8.78 Å². The Morgan fingerprint density at radius 3 is 2.69 bits per heavy atom. The molecular formula is C23H23F2N3O3S. The molecule has 0 radical (unpaired) electrons. The Labute approximate surface area is 186 Å². The zero-order valence-corrected chi connectivity index (χ0v) is 18.3. The normalized spacial score (nSPS) is 23.6. The second-order valence-electron chi connectivity index (χ2n) is 8.54. The summed E-state index contributed by atoms with van der Waals surface area (Å²) in [4.78, 5) is 24.7. The van der Waals surface area contributed by atoms with Gasteiger partial charge in [-0.15, -0.1) is 0 Å². The number of carbonyl (C=O) groups excluding carboxylic acids is 1. The summed E-state index contributed by atoms with van der Waals surface area (Å²) in [6, 6.07) is 7.19. The standard InChI is InChI=1S/C23H23F2N3O3S/c1-32(31)21-10-22(30)28(12-19(21)25)17-5-3-14(18(24)9-17)6-13(11-26)7-20(29)23-15-2-4-16(8-15)27-23/h3,5,9-10,12-13,15-16,23,27H,2,4,6-8H2,1H3/t13-,15+,16-,23+,32?/m1/s1. The predicted octanol–water partition coefficient (Wildman–Crippen LogP) is 2.64. The summed E-state index contributed by atoms with van der Waals surface area (Å²) in [5.74, 6) is -1.81. The second-order valence-corrected chi connectivity index (χ2v) is 9.89. The molecule has 5 atom stereocenters. The fraction of sp³-hybridized carbons (Fsp3) is 0.435. The highest BCUT2D eigenvalue weighted by molar-refractivity contribution is 7.84. The van der Waals surface area contributed by atoms with Gasteiger partial charge in [0, 0.05) is 31.0 Å². The van der Waals surface area contributed by atoms with Crippen LogP contribution in [0, 0.1) is 34.8 Å². The van der Waals surface area contributed by atoms with E-state index in [1.54, 1.807) is 0 Å². The van der Waals surface area contributed by atoms with Crippen molar-refractivity contribution in [2.75, 3.05) is 6.26 Å². The molecule has 1 aromatic carbocycles. The Morgan fingerprint density at radius 1 is 1.31 bits per heavy atom. The summed E-state index contributed by atoms with van der Waals surface area (Å²) in [5, 5.41) is 12.8. The maximum atomic E-state index is 14.8. The Kier molecular flexibility index (Phi) is 6.35. The molecule has 1 aromatic heterocycles. The molecule has 32 heavy (non-hydrogen) atoms. The van der Waals surface area contributed by atoms with Crippen molar-refractivity contribution in [3.05, 3.63) is 58.0 Å². The lowest BCUT2D eigenvalue weighted by molar-refractivity contribution is -0.122. The molecule has 1 aliphatic heterocycles. The molecule has 9 heteroatoms. The zero-order valence-electron chi connectivity index (χ0n) is 17.5. The summed E-state index contributed by atoms with van der Waals surface area (Å²) >= 11 is 0. The molecule has 1 unspecified atom stereocenters. The smallest absolute Gasteiger partial charge is 0.256 e. The van der Waals surface area contributed by atoms with E-state index in [2.05, 4.69) is 11.4 Å². The van der Waals surface area contributed by atoms with Gasteiger partial charge in [-0.05, 0) is 49.3 Å². The molecule has 6 nitrogen and oxygen atoms in total. The number of carbonyl (C=O) groups is 1. The maximum Gasteiger partial charge on any atom is 0.256 e. The molecule has 2 aliphatic rings. The van der Waals surface area contributed by atoms with Crippen LogP contribution >= 0.6 is 0 Å². The van der Waals surface area contributed by atoms with Gasteiger partial charge in [-0.3, -0.25) is 18.4 Å². The molecule has 2 aromatic rings. The van der Waals surface area contributed by atoms with Crippen LogP contribution in [0.3, 0.4) is 0 Å². The summed E-state index contributed by atoms with van der Waals surface area (Å²) in [5.41, 5.74) is -0.282. The van der Waals surface area contributed by atoms with E-state index in [0.717, 1.165) is 42.2 Å². The first-order chi connectivity index (χ1) is 15.3. The average Bonchev–Trinajstić information content (AvgIpc) is 3.39. The Hall–Kier alpha value is -2.70. The first-order valence-electron chi connectivity index (χ1n) is 10.5. The van der Waals surface area contributed by atoms with Gasteiger partial charge in [0.25, 0.3) is 5.56 Å². The molecule has 1 N–H and O–H groups in total. The van der Waals surface area contributed by atoms with Crippen LogP contribution in [-0.2, 0) is 22.0 Å². The highest BCUT2D eigenvalue weighted by atomic mass is 32.2. The minimum Gasteiger partial charge on any atom is -0.304 e. The van der Waals surface area contributed by atoms with Crippen LogP contribution in [0.4, 0.5) is 8.78 Å². The topological polar surface area (TPSA) is 92.0 Å². The van der Waals surface area contributed by atoms with Crippen molar-refractivity contribution < 1.29 is 17.8 Å². The molecule has 2 bridgehead atoms.